The van der Waals surface area contributed by atoms with Gasteiger partial charge < -0.3 is 5.73 Å². The maximum absolute atomic E-state index is 12.1. The topological polar surface area (TPSA) is 87.1 Å². The number of rotatable bonds is 6. The Balaban J connectivity index is 2.35. The van der Waals surface area contributed by atoms with E-state index in [0.717, 1.165) is 18.5 Å². The molecule has 1 aliphatic rings. The molecule has 1 aliphatic carbocycles. The summed E-state index contributed by atoms with van der Waals surface area (Å²) < 4.78 is 26.5. The molecule has 0 amide bonds. The second-order valence-corrected chi connectivity index (χ2v) is 7.43. The molecule has 1 aromatic heterocycles. The van der Waals surface area contributed by atoms with Gasteiger partial charge in [0.25, 0.3) is 5.56 Å². The standard InChI is InChI=1S/C12H21N3O3S/c1-3-14-11(9-5-6-9)10(13)12(16)15(14)7-8-19(17,18)4-2/h9H,3-8,13H2,1-2H3. The van der Waals surface area contributed by atoms with Gasteiger partial charge in [-0.25, -0.2) is 13.1 Å². The van der Waals surface area contributed by atoms with Gasteiger partial charge in [0, 0.05) is 18.2 Å². The quantitative estimate of drug-likeness (QED) is 0.828. The van der Waals surface area contributed by atoms with Crippen molar-refractivity contribution in [1.29, 1.82) is 0 Å². The number of aromatic nitrogens is 2. The summed E-state index contributed by atoms with van der Waals surface area (Å²) >= 11 is 0. The summed E-state index contributed by atoms with van der Waals surface area (Å²) in [6, 6.07) is 0. The fourth-order valence-electron chi connectivity index (χ4n) is 2.35. The molecule has 0 saturated heterocycles. The fourth-order valence-corrected chi connectivity index (χ4v) is 3.09. The van der Waals surface area contributed by atoms with Crippen LogP contribution in [0.2, 0.25) is 0 Å². The third-order valence-electron chi connectivity index (χ3n) is 3.63. The maximum Gasteiger partial charge on any atom is 0.290 e. The molecule has 0 bridgehead atoms. The van der Waals surface area contributed by atoms with Gasteiger partial charge in [-0.1, -0.05) is 6.92 Å². The van der Waals surface area contributed by atoms with Crippen molar-refractivity contribution in [1.82, 2.24) is 9.36 Å². The van der Waals surface area contributed by atoms with Crippen molar-refractivity contribution in [3.63, 3.8) is 0 Å². The molecule has 0 unspecified atom stereocenters. The number of hydrogen-bond donors (Lipinski definition) is 1. The van der Waals surface area contributed by atoms with Crippen LogP contribution in [0.25, 0.3) is 0 Å². The molecule has 0 atom stereocenters. The van der Waals surface area contributed by atoms with Gasteiger partial charge in [-0.05, 0) is 19.8 Å². The van der Waals surface area contributed by atoms with Gasteiger partial charge in [0.15, 0.2) is 9.84 Å². The number of nitrogens with zero attached hydrogens (tertiary/aromatic N) is 2. The summed E-state index contributed by atoms with van der Waals surface area (Å²) in [5, 5.41) is 0. The minimum atomic E-state index is -3.08. The van der Waals surface area contributed by atoms with Crippen molar-refractivity contribution in [3.8, 4) is 0 Å². The lowest BCUT2D eigenvalue weighted by Crippen LogP contribution is -2.28. The van der Waals surface area contributed by atoms with E-state index in [1.165, 1.54) is 4.68 Å². The van der Waals surface area contributed by atoms with E-state index in [9.17, 15) is 13.2 Å². The van der Waals surface area contributed by atoms with Crippen molar-refractivity contribution in [3.05, 3.63) is 16.0 Å². The smallest absolute Gasteiger partial charge is 0.290 e. The van der Waals surface area contributed by atoms with E-state index in [1.807, 2.05) is 11.6 Å². The average molecular weight is 287 g/mol. The second-order valence-electron chi connectivity index (χ2n) is 4.95. The normalized spacial score (nSPS) is 15.9. The number of anilines is 1. The monoisotopic (exact) mass is 287 g/mol. The van der Waals surface area contributed by atoms with Gasteiger partial charge in [-0.15, -0.1) is 0 Å². The zero-order chi connectivity index (χ0) is 14.2. The molecule has 1 aromatic rings. The fraction of sp³-hybridized carbons (Fsp3) is 0.750. The van der Waals surface area contributed by atoms with E-state index in [-0.39, 0.29) is 23.6 Å². The van der Waals surface area contributed by atoms with Gasteiger partial charge in [-0.2, -0.15) is 0 Å². The highest BCUT2D eigenvalue weighted by atomic mass is 32.2. The lowest BCUT2D eigenvalue weighted by atomic mass is 10.2. The largest absolute Gasteiger partial charge is 0.393 e. The summed E-state index contributed by atoms with van der Waals surface area (Å²) in [4.78, 5) is 12.1. The molecular formula is C12H21N3O3S. The predicted octanol–water partition coefficient (Wildman–Crippen LogP) is 0.564. The van der Waals surface area contributed by atoms with Crippen LogP contribution < -0.4 is 11.3 Å². The molecule has 1 saturated carbocycles. The van der Waals surface area contributed by atoms with Crippen molar-refractivity contribution in [2.24, 2.45) is 0 Å². The highest BCUT2D eigenvalue weighted by Gasteiger charge is 2.32. The van der Waals surface area contributed by atoms with Gasteiger partial charge in [0.1, 0.15) is 5.69 Å². The first-order valence-corrected chi connectivity index (χ1v) is 8.52. The Morgan fingerprint density at radius 1 is 1.26 bits per heavy atom. The number of nitrogens with two attached hydrogens (primary N) is 1. The Bertz CT molecular complexity index is 623. The lowest BCUT2D eigenvalue weighted by molar-refractivity contribution is 0.460. The van der Waals surface area contributed by atoms with Crippen LogP contribution in [0.15, 0.2) is 4.79 Å². The molecule has 108 valence electrons. The van der Waals surface area contributed by atoms with Gasteiger partial charge >= 0.3 is 0 Å². The molecule has 1 fully saturated rings. The molecule has 2 rings (SSSR count). The minimum Gasteiger partial charge on any atom is -0.393 e. The molecule has 6 nitrogen and oxygen atoms in total. The Kier molecular flexibility index (Phi) is 3.75. The molecular weight excluding hydrogens is 266 g/mol. The van der Waals surface area contributed by atoms with Crippen LogP contribution in [0.1, 0.15) is 38.3 Å². The summed E-state index contributed by atoms with van der Waals surface area (Å²) in [6.45, 7) is 4.36. The second kappa shape index (κ2) is 5.03. The van der Waals surface area contributed by atoms with E-state index >= 15 is 0 Å². The molecule has 0 aromatic carbocycles. The van der Waals surface area contributed by atoms with Crippen LogP contribution in [0.3, 0.4) is 0 Å². The van der Waals surface area contributed by atoms with E-state index in [4.69, 9.17) is 5.73 Å². The first-order chi connectivity index (χ1) is 8.91. The van der Waals surface area contributed by atoms with Crippen molar-refractivity contribution in [2.75, 3.05) is 17.2 Å². The van der Waals surface area contributed by atoms with Crippen molar-refractivity contribution in [2.45, 2.75) is 45.7 Å². The average Bonchev–Trinajstić information content (AvgIpc) is 3.17. The van der Waals surface area contributed by atoms with Gasteiger partial charge in [0.2, 0.25) is 0 Å². The van der Waals surface area contributed by atoms with E-state index in [0.29, 0.717) is 18.2 Å². The third kappa shape index (κ3) is 2.70. The van der Waals surface area contributed by atoms with Crippen LogP contribution in [-0.4, -0.2) is 29.3 Å². The van der Waals surface area contributed by atoms with Crippen LogP contribution in [0, 0.1) is 0 Å². The molecule has 19 heavy (non-hydrogen) atoms. The summed E-state index contributed by atoms with van der Waals surface area (Å²) in [7, 11) is -3.08. The van der Waals surface area contributed by atoms with Crippen molar-refractivity contribution >= 4 is 15.5 Å². The molecule has 2 N–H and O–H groups in total. The van der Waals surface area contributed by atoms with Gasteiger partial charge in [-0.3, -0.25) is 9.48 Å². The Hall–Kier alpha value is -1.24. The van der Waals surface area contributed by atoms with E-state index < -0.39 is 9.84 Å². The van der Waals surface area contributed by atoms with E-state index in [2.05, 4.69) is 0 Å². The first-order valence-electron chi connectivity index (χ1n) is 6.70. The SMILES string of the molecule is CCn1c(C2CC2)c(N)c(=O)n1CCS(=O)(=O)CC. The summed E-state index contributed by atoms with van der Waals surface area (Å²) in [5.41, 5.74) is 6.81. The molecule has 1 heterocycles. The number of sulfone groups is 1. The zero-order valence-electron chi connectivity index (χ0n) is 11.4. The molecule has 0 spiro atoms. The zero-order valence-corrected chi connectivity index (χ0v) is 12.2. The Morgan fingerprint density at radius 2 is 1.89 bits per heavy atom. The van der Waals surface area contributed by atoms with E-state index in [1.54, 1.807) is 6.92 Å². The van der Waals surface area contributed by atoms with Crippen LogP contribution in [0.5, 0.6) is 0 Å². The minimum absolute atomic E-state index is 0.0169. The summed E-state index contributed by atoms with van der Waals surface area (Å²) in [6.07, 6.45) is 2.11. The third-order valence-corrected chi connectivity index (χ3v) is 5.31. The van der Waals surface area contributed by atoms with Gasteiger partial charge in [0.05, 0.1) is 18.0 Å². The predicted molar refractivity (Wildman–Crippen MR) is 75.1 cm³/mol. The molecule has 0 aliphatic heterocycles. The lowest BCUT2D eigenvalue weighted by Gasteiger charge is -2.12. The van der Waals surface area contributed by atoms with Crippen molar-refractivity contribution < 1.29 is 8.42 Å². The number of nitrogen functional groups attached to an aromatic ring is 1. The highest BCUT2D eigenvalue weighted by Crippen LogP contribution is 2.42. The van der Waals surface area contributed by atoms with Crippen LogP contribution in [0.4, 0.5) is 5.69 Å². The summed E-state index contributed by atoms with van der Waals surface area (Å²) in [5.74, 6) is 0.452. The highest BCUT2D eigenvalue weighted by molar-refractivity contribution is 7.91. The first kappa shape index (κ1) is 14.2. The Morgan fingerprint density at radius 3 is 2.37 bits per heavy atom. The molecule has 0 radical (unpaired) electrons. The Labute approximate surface area is 113 Å². The number of hydrogen-bond acceptors (Lipinski definition) is 4. The maximum atomic E-state index is 12.1. The van der Waals surface area contributed by atoms with Crippen LogP contribution >= 0.6 is 0 Å². The molecule has 7 heteroatoms. The van der Waals surface area contributed by atoms with Crippen LogP contribution in [-0.2, 0) is 22.9 Å².